The average molecular weight is 348 g/mol. The summed E-state index contributed by atoms with van der Waals surface area (Å²) in [6.07, 6.45) is -5.75. The molecule has 21 heavy (non-hydrogen) atoms. The number of benzene rings is 1. The molecule has 0 unspecified atom stereocenters. The van der Waals surface area contributed by atoms with Crippen LogP contribution in [0.3, 0.4) is 0 Å². The van der Waals surface area contributed by atoms with Gasteiger partial charge in [-0.15, -0.1) is 11.6 Å². The first-order valence-electron chi connectivity index (χ1n) is 5.87. The summed E-state index contributed by atoms with van der Waals surface area (Å²) < 4.78 is 75.2. The number of nitrogens with zero attached hydrogens (tertiary/aromatic N) is 1. The van der Waals surface area contributed by atoms with Gasteiger partial charge in [0.05, 0.1) is 11.3 Å². The molecule has 120 valence electrons. The Balaban J connectivity index is 3.16. The first-order chi connectivity index (χ1) is 9.49. The molecule has 0 atom stereocenters. The van der Waals surface area contributed by atoms with E-state index >= 15 is 0 Å². The molecular formula is C12H14ClF4NO2S. The summed E-state index contributed by atoms with van der Waals surface area (Å²) in [5.74, 6) is -0.873. The van der Waals surface area contributed by atoms with Crippen molar-refractivity contribution < 1.29 is 26.0 Å². The second kappa shape index (κ2) is 6.50. The minimum absolute atomic E-state index is 0.105. The van der Waals surface area contributed by atoms with Crippen molar-refractivity contribution in [2.75, 3.05) is 13.6 Å². The third-order valence-electron chi connectivity index (χ3n) is 2.91. The minimum Gasteiger partial charge on any atom is -0.207 e. The van der Waals surface area contributed by atoms with Crippen molar-refractivity contribution in [1.82, 2.24) is 4.31 Å². The molecule has 0 spiro atoms. The van der Waals surface area contributed by atoms with E-state index in [-0.39, 0.29) is 21.9 Å². The van der Waals surface area contributed by atoms with Gasteiger partial charge in [0.1, 0.15) is 5.82 Å². The monoisotopic (exact) mass is 347 g/mol. The highest BCUT2D eigenvalue weighted by molar-refractivity contribution is 7.89. The van der Waals surface area contributed by atoms with Crippen LogP contribution in [0.15, 0.2) is 17.0 Å². The van der Waals surface area contributed by atoms with Crippen LogP contribution in [0.2, 0.25) is 0 Å². The van der Waals surface area contributed by atoms with Gasteiger partial charge >= 0.3 is 6.18 Å². The van der Waals surface area contributed by atoms with Gasteiger partial charge in [0, 0.05) is 25.0 Å². The lowest BCUT2D eigenvalue weighted by Gasteiger charge is -2.20. The van der Waals surface area contributed by atoms with E-state index in [2.05, 4.69) is 0 Å². The van der Waals surface area contributed by atoms with Crippen LogP contribution in [0.25, 0.3) is 0 Å². The Kier molecular flexibility index (Phi) is 5.63. The Morgan fingerprint density at radius 1 is 1.29 bits per heavy atom. The number of sulfonamides is 1. The molecule has 0 aromatic heterocycles. The quantitative estimate of drug-likeness (QED) is 0.604. The number of hydrogen-bond acceptors (Lipinski definition) is 2. The molecule has 0 fully saturated rings. The molecule has 0 N–H and O–H groups in total. The molecule has 3 nitrogen and oxygen atoms in total. The van der Waals surface area contributed by atoms with Crippen molar-refractivity contribution in [2.24, 2.45) is 0 Å². The lowest BCUT2D eigenvalue weighted by molar-refractivity contribution is -0.135. The van der Waals surface area contributed by atoms with Gasteiger partial charge in [0.25, 0.3) is 0 Å². The van der Waals surface area contributed by atoms with E-state index in [1.165, 1.54) is 13.0 Å². The molecule has 0 saturated carbocycles. The van der Waals surface area contributed by atoms with Crippen molar-refractivity contribution in [3.8, 4) is 0 Å². The third-order valence-corrected chi connectivity index (χ3v) is 5.20. The molecule has 0 aliphatic rings. The Bertz CT molecular complexity index is 616. The largest absolute Gasteiger partial charge is 0.390 e. The van der Waals surface area contributed by atoms with Crippen LogP contribution in [-0.4, -0.2) is 32.5 Å². The van der Waals surface area contributed by atoms with Gasteiger partial charge in [-0.3, -0.25) is 0 Å². The molecule has 0 aliphatic heterocycles. The molecule has 0 heterocycles. The van der Waals surface area contributed by atoms with Gasteiger partial charge < -0.3 is 0 Å². The van der Waals surface area contributed by atoms with Gasteiger partial charge in [-0.25, -0.2) is 17.1 Å². The summed E-state index contributed by atoms with van der Waals surface area (Å²) >= 11 is 5.55. The lowest BCUT2D eigenvalue weighted by Crippen LogP contribution is -2.31. The summed E-state index contributed by atoms with van der Waals surface area (Å²) in [5.41, 5.74) is 0.0882. The Labute approximate surface area is 125 Å². The van der Waals surface area contributed by atoms with Crippen molar-refractivity contribution >= 4 is 21.6 Å². The summed E-state index contributed by atoms with van der Waals surface area (Å²) in [4.78, 5) is -0.372. The first-order valence-corrected chi connectivity index (χ1v) is 7.84. The first kappa shape index (κ1) is 18.2. The molecule has 0 radical (unpaired) electrons. The van der Waals surface area contributed by atoms with Crippen LogP contribution in [-0.2, 0) is 15.9 Å². The van der Waals surface area contributed by atoms with E-state index in [0.717, 1.165) is 13.1 Å². The zero-order valence-corrected chi connectivity index (χ0v) is 12.9. The van der Waals surface area contributed by atoms with Crippen LogP contribution in [0.5, 0.6) is 0 Å². The summed E-state index contributed by atoms with van der Waals surface area (Å²) in [7, 11) is -3.19. The predicted molar refractivity (Wildman–Crippen MR) is 71.2 cm³/mol. The fourth-order valence-corrected chi connectivity index (χ4v) is 3.23. The molecule has 0 bridgehead atoms. The topological polar surface area (TPSA) is 37.4 Å². The zero-order valence-electron chi connectivity index (χ0n) is 11.3. The lowest BCUT2D eigenvalue weighted by atomic mass is 10.1. The predicted octanol–water partition coefficient (Wildman–Crippen LogP) is 3.45. The van der Waals surface area contributed by atoms with Crippen LogP contribution in [0.4, 0.5) is 17.6 Å². The molecule has 1 aromatic rings. The number of hydrogen-bond donors (Lipinski definition) is 0. The zero-order chi connectivity index (χ0) is 16.4. The highest BCUT2D eigenvalue weighted by Crippen LogP contribution is 2.26. The maximum absolute atomic E-state index is 13.7. The number of alkyl halides is 4. The number of rotatable bonds is 5. The number of halogens is 5. The van der Waals surface area contributed by atoms with Crippen molar-refractivity contribution in [2.45, 2.75) is 30.3 Å². The van der Waals surface area contributed by atoms with Gasteiger partial charge in [-0.1, -0.05) is 0 Å². The molecule has 1 aromatic carbocycles. The molecular weight excluding hydrogens is 334 g/mol. The summed E-state index contributed by atoms with van der Waals surface area (Å²) in [6, 6.07) is 2.27. The van der Waals surface area contributed by atoms with Crippen LogP contribution in [0, 0.1) is 12.7 Å². The van der Waals surface area contributed by atoms with E-state index in [9.17, 15) is 26.0 Å². The Morgan fingerprint density at radius 2 is 1.86 bits per heavy atom. The SMILES string of the molecule is Cc1c(F)cc(CCl)cc1S(=O)(=O)N(C)CCC(F)(F)F. The van der Waals surface area contributed by atoms with Crippen molar-refractivity contribution in [1.29, 1.82) is 0 Å². The highest BCUT2D eigenvalue weighted by atomic mass is 35.5. The molecule has 0 saturated heterocycles. The van der Waals surface area contributed by atoms with E-state index < -0.39 is 35.0 Å². The smallest absolute Gasteiger partial charge is 0.207 e. The molecule has 9 heteroatoms. The van der Waals surface area contributed by atoms with Crippen molar-refractivity contribution in [3.63, 3.8) is 0 Å². The minimum atomic E-state index is -4.47. The molecule has 0 aliphatic carbocycles. The maximum atomic E-state index is 13.7. The van der Waals surface area contributed by atoms with Crippen LogP contribution >= 0.6 is 11.6 Å². The van der Waals surface area contributed by atoms with Crippen LogP contribution in [0.1, 0.15) is 17.5 Å². The van der Waals surface area contributed by atoms with E-state index in [1.54, 1.807) is 0 Å². The third kappa shape index (κ3) is 4.55. The maximum Gasteiger partial charge on any atom is 0.390 e. The van der Waals surface area contributed by atoms with Gasteiger partial charge in [0.2, 0.25) is 10.0 Å². The van der Waals surface area contributed by atoms with E-state index in [4.69, 9.17) is 11.6 Å². The molecule has 0 amide bonds. The van der Waals surface area contributed by atoms with Gasteiger partial charge in [-0.05, 0) is 24.6 Å². The Morgan fingerprint density at radius 3 is 2.33 bits per heavy atom. The van der Waals surface area contributed by atoms with Gasteiger partial charge in [0.15, 0.2) is 0 Å². The molecule has 1 rings (SSSR count). The van der Waals surface area contributed by atoms with Gasteiger partial charge in [-0.2, -0.15) is 13.2 Å². The normalized spacial score (nSPS) is 13.0. The summed E-state index contributed by atoms with van der Waals surface area (Å²) in [6.45, 7) is 0.510. The summed E-state index contributed by atoms with van der Waals surface area (Å²) in [5, 5.41) is 0. The second-order valence-corrected chi connectivity index (χ2v) is 6.81. The van der Waals surface area contributed by atoms with E-state index in [0.29, 0.717) is 4.31 Å². The second-order valence-electron chi connectivity index (χ2n) is 4.53. The van der Waals surface area contributed by atoms with E-state index in [1.807, 2.05) is 0 Å². The van der Waals surface area contributed by atoms with Crippen molar-refractivity contribution in [3.05, 3.63) is 29.1 Å². The fourth-order valence-electron chi connectivity index (χ4n) is 1.62. The standard InChI is InChI=1S/C12H14ClF4NO2S/c1-8-10(14)5-9(7-13)6-11(8)21(19,20)18(2)4-3-12(15,16)17/h5-6H,3-4,7H2,1-2H3. The Hall–Kier alpha value is -0.860. The fraction of sp³-hybridized carbons (Fsp3) is 0.500. The average Bonchev–Trinajstić information content (AvgIpc) is 2.37. The van der Waals surface area contributed by atoms with Crippen LogP contribution < -0.4 is 0 Å². The highest BCUT2D eigenvalue weighted by Gasteiger charge is 2.31.